The molecule has 1 amide bonds. The topological polar surface area (TPSA) is 73.6 Å². The molecule has 3 rings (SSSR count). The van der Waals surface area contributed by atoms with Crippen LogP contribution in [0.15, 0.2) is 0 Å². The van der Waals surface area contributed by atoms with Gasteiger partial charge >= 0.3 is 0 Å². The Hall–Kier alpha value is -0.650. The average molecular weight is 268 g/mol. The fourth-order valence-electron chi connectivity index (χ4n) is 3.26. The third-order valence-corrected chi connectivity index (χ3v) is 4.86. The summed E-state index contributed by atoms with van der Waals surface area (Å²) in [4.78, 5) is 12.6. The van der Waals surface area contributed by atoms with Crippen LogP contribution in [0.4, 0.5) is 0 Å². The fourth-order valence-corrected chi connectivity index (χ4v) is 3.26. The van der Waals surface area contributed by atoms with E-state index < -0.39 is 5.41 Å². The van der Waals surface area contributed by atoms with Gasteiger partial charge in [-0.25, -0.2) is 0 Å². The van der Waals surface area contributed by atoms with Crippen LogP contribution >= 0.6 is 0 Å². The molecule has 0 radical (unpaired) electrons. The third-order valence-electron chi connectivity index (χ3n) is 4.86. The highest BCUT2D eigenvalue weighted by atomic mass is 16.5. The van der Waals surface area contributed by atoms with E-state index in [-0.39, 0.29) is 18.1 Å². The van der Waals surface area contributed by atoms with Crippen molar-refractivity contribution in [2.24, 2.45) is 17.1 Å². The second-order valence-electron chi connectivity index (χ2n) is 6.14. The molecule has 3 N–H and O–H groups in total. The highest BCUT2D eigenvalue weighted by molar-refractivity contribution is 5.83. The van der Waals surface area contributed by atoms with Crippen molar-refractivity contribution in [2.45, 2.75) is 44.2 Å². The number of carbonyl (C=O) groups is 1. The van der Waals surface area contributed by atoms with Crippen molar-refractivity contribution in [3.05, 3.63) is 0 Å². The molecule has 5 heteroatoms. The second-order valence-corrected chi connectivity index (χ2v) is 6.14. The van der Waals surface area contributed by atoms with E-state index in [1.165, 1.54) is 12.8 Å². The summed E-state index contributed by atoms with van der Waals surface area (Å²) in [6, 6.07) is 0.186. The van der Waals surface area contributed by atoms with E-state index >= 15 is 0 Å². The van der Waals surface area contributed by atoms with Gasteiger partial charge in [0.1, 0.15) is 0 Å². The predicted molar refractivity (Wildman–Crippen MR) is 70.6 cm³/mol. The molecule has 108 valence electrons. The number of carbonyl (C=O) groups excluding carboxylic acids is 1. The van der Waals surface area contributed by atoms with Crippen LogP contribution in [0, 0.1) is 11.3 Å². The maximum Gasteiger partial charge on any atom is 0.227 e. The Morgan fingerprint density at radius 3 is 2.58 bits per heavy atom. The van der Waals surface area contributed by atoms with Crippen LogP contribution in [0.1, 0.15) is 32.1 Å². The van der Waals surface area contributed by atoms with E-state index in [2.05, 4.69) is 5.32 Å². The zero-order valence-corrected chi connectivity index (χ0v) is 11.4. The summed E-state index contributed by atoms with van der Waals surface area (Å²) in [5.74, 6) is 0.774. The lowest BCUT2D eigenvalue weighted by atomic mass is 9.79. The predicted octanol–water partition coefficient (Wildman–Crippen LogP) is 0.426. The zero-order valence-electron chi connectivity index (χ0n) is 11.4. The summed E-state index contributed by atoms with van der Waals surface area (Å²) < 4.78 is 11.1. The first-order valence-electron chi connectivity index (χ1n) is 7.45. The quantitative estimate of drug-likeness (QED) is 0.775. The van der Waals surface area contributed by atoms with Crippen LogP contribution in [0.5, 0.6) is 0 Å². The van der Waals surface area contributed by atoms with Gasteiger partial charge in [-0.05, 0) is 38.0 Å². The van der Waals surface area contributed by atoms with E-state index in [1.807, 2.05) is 0 Å². The first kappa shape index (κ1) is 13.3. The molecule has 0 aromatic rings. The number of rotatable bonds is 4. The smallest absolute Gasteiger partial charge is 0.227 e. The molecule has 0 aromatic heterocycles. The number of ether oxygens (including phenoxy) is 2. The second kappa shape index (κ2) is 5.38. The minimum Gasteiger partial charge on any atom is -0.381 e. The standard InChI is InChI=1S/C14H24N2O3/c15-9-14(4-7-18-8-5-14)13(17)16-11-3-6-19-12(11)10-1-2-10/h10-12H,1-9,15H2,(H,16,17). The molecule has 1 aliphatic carbocycles. The SMILES string of the molecule is NCC1(C(=O)NC2CCOC2C2CC2)CCOCC1. The van der Waals surface area contributed by atoms with E-state index in [0.717, 1.165) is 25.9 Å². The van der Waals surface area contributed by atoms with Gasteiger partial charge in [0.15, 0.2) is 0 Å². The number of nitrogens with two attached hydrogens (primary N) is 1. The first-order valence-corrected chi connectivity index (χ1v) is 7.45. The molecule has 3 aliphatic rings. The Morgan fingerprint density at radius 1 is 1.21 bits per heavy atom. The van der Waals surface area contributed by atoms with Crippen molar-refractivity contribution in [1.29, 1.82) is 0 Å². The minimum atomic E-state index is -0.422. The van der Waals surface area contributed by atoms with Gasteiger partial charge in [-0.3, -0.25) is 4.79 Å². The van der Waals surface area contributed by atoms with Crippen molar-refractivity contribution in [3.8, 4) is 0 Å². The maximum absolute atomic E-state index is 12.6. The lowest BCUT2D eigenvalue weighted by molar-refractivity contribution is -0.137. The van der Waals surface area contributed by atoms with Crippen molar-refractivity contribution in [1.82, 2.24) is 5.32 Å². The first-order chi connectivity index (χ1) is 9.25. The van der Waals surface area contributed by atoms with E-state index in [0.29, 0.717) is 25.7 Å². The van der Waals surface area contributed by atoms with Crippen LogP contribution in [0.3, 0.4) is 0 Å². The molecule has 0 aromatic carbocycles. The largest absolute Gasteiger partial charge is 0.381 e. The normalized spacial score (nSPS) is 34.2. The van der Waals surface area contributed by atoms with Gasteiger partial charge in [0, 0.05) is 26.4 Å². The van der Waals surface area contributed by atoms with Crippen molar-refractivity contribution in [3.63, 3.8) is 0 Å². The van der Waals surface area contributed by atoms with Gasteiger partial charge in [-0.1, -0.05) is 0 Å². The van der Waals surface area contributed by atoms with Crippen LogP contribution in [0.2, 0.25) is 0 Å². The van der Waals surface area contributed by atoms with Gasteiger partial charge in [-0.15, -0.1) is 0 Å². The highest BCUT2D eigenvalue weighted by Gasteiger charge is 2.44. The Morgan fingerprint density at radius 2 is 1.95 bits per heavy atom. The molecule has 2 aliphatic heterocycles. The summed E-state index contributed by atoms with van der Waals surface area (Å²) in [6.07, 6.45) is 5.12. The van der Waals surface area contributed by atoms with Gasteiger partial charge in [0.2, 0.25) is 5.91 Å². The molecule has 2 atom stereocenters. The van der Waals surface area contributed by atoms with Crippen LogP contribution in [-0.2, 0) is 14.3 Å². The molecule has 2 unspecified atom stereocenters. The Labute approximate surface area is 114 Å². The van der Waals surface area contributed by atoms with E-state index in [4.69, 9.17) is 15.2 Å². The van der Waals surface area contributed by atoms with Crippen LogP contribution < -0.4 is 11.1 Å². The molecular formula is C14H24N2O3. The monoisotopic (exact) mass is 268 g/mol. The van der Waals surface area contributed by atoms with E-state index in [9.17, 15) is 4.79 Å². The lowest BCUT2D eigenvalue weighted by Gasteiger charge is -2.36. The molecule has 3 fully saturated rings. The lowest BCUT2D eigenvalue weighted by Crippen LogP contribution is -2.53. The molecule has 2 saturated heterocycles. The summed E-state index contributed by atoms with van der Waals surface area (Å²) in [7, 11) is 0. The van der Waals surface area contributed by atoms with Crippen LogP contribution in [0.25, 0.3) is 0 Å². The number of hydrogen-bond donors (Lipinski definition) is 2. The molecular weight excluding hydrogens is 244 g/mol. The van der Waals surface area contributed by atoms with Crippen molar-refractivity contribution >= 4 is 5.91 Å². The summed E-state index contributed by atoms with van der Waals surface area (Å²) >= 11 is 0. The van der Waals surface area contributed by atoms with Gasteiger partial charge in [-0.2, -0.15) is 0 Å². The number of nitrogens with one attached hydrogen (secondary N) is 1. The fraction of sp³-hybridized carbons (Fsp3) is 0.929. The van der Waals surface area contributed by atoms with E-state index in [1.54, 1.807) is 0 Å². The third kappa shape index (κ3) is 2.64. The molecule has 2 heterocycles. The Kier molecular flexibility index (Phi) is 3.78. The molecule has 19 heavy (non-hydrogen) atoms. The number of amides is 1. The van der Waals surface area contributed by atoms with Gasteiger partial charge < -0.3 is 20.5 Å². The average Bonchev–Trinajstić information content (AvgIpc) is 3.20. The van der Waals surface area contributed by atoms with Crippen molar-refractivity contribution < 1.29 is 14.3 Å². The molecule has 5 nitrogen and oxygen atoms in total. The molecule has 0 bridgehead atoms. The molecule has 0 spiro atoms. The Balaban J connectivity index is 1.62. The molecule has 1 saturated carbocycles. The summed E-state index contributed by atoms with van der Waals surface area (Å²) in [6.45, 7) is 2.45. The summed E-state index contributed by atoms with van der Waals surface area (Å²) in [5.41, 5.74) is 5.45. The van der Waals surface area contributed by atoms with Gasteiger partial charge in [0.05, 0.1) is 17.6 Å². The summed E-state index contributed by atoms with van der Waals surface area (Å²) in [5, 5.41) is 3.21. The number of hydrogen-bond acceptors (Lipinski definition) is 4. The van der Waals surface area contributed by atoms with Gasteiger partial charge in [0.25, 0.3) is 0 Å². The Bertz CT molecular complexity index is 338. The zero-order chi connectivity index (χ0) is 13.3. The van der Waals surface area contributed by atoms with Crippen LogP contribution in [-0.4, -0.2) is 44.4 Å². The highest BCUT2D eigenvalue weighted by Crippen LogP contribution is 2.39. The minimum absolute atomic E-state index is 0.111. The van der Waals surface area contributed by atoms with Crippen molar-refractivity contribution in [2.75, 3.05) is 26.4 Å². The maximum atomic E-state index is 12.6.